The molecule has 2 aliphatic rings. The molecule has 2 saturated heterocycles. The second-order valence-electron chi connectivity index (χ2n) is 5.88. The van der Waals surface area contributed by atoms with Crippen LogP contribution in [0.4, 0.5) is 5.69 Å². The highest BCUT2D eigenvalue weighted by Crippen LogP contribution is 2.20. The lowest BCUT2D eigenvalue weighted by Gasteiger charge is -2.37. The van der Waals surface area contributed by atoms with Gasteiger partial charge in [-0.05, 0) is 24.3 Å². The maximum atomic E-state index is 12.4. The molecule has 0 unspecified atom stereocenters. The van der Waals surface area contributed by atoms with E-state index in [1.807, 2.05) is 24.3 Å². The third-order valence-corrected chi connectivity index (χ3v) is 4.49. The number of morpholine rings is 1. The van der Waals surface area contributed by atoms with Crippen molar-refractivity contribution in [2.45, 2.75) is 0 Å². The minimum atomic E-state index is -0.406. The molecule has 3 rings (SSSR count). The van der Waals surface area contributed by atoms with Crippen LogP contribution in [0.3, 0.4) is 0 Å². The van der Waals surface area contributed by atoms with Gasteiger partial charge < -0.3 is 24.2 Å². The maximum absolute atomic E-state index is 12.4. The lowest BCUT2D eigenvalue weighted by Crippen LogP contribution is -2.54. The standard InChI is InChI=1S/C17H23N3O4/c1-23-15-4-2-14(3-5-15)18-6-8-19(9-7-18)16(21)17(22)20-10-12-24-13-11-20/h2-5H,6-13H2,1H3. The van der Waals surface area contributed by atoms with Crippen LogP contribution in [0.25, 0.3) is 0 Å². The lowest BCUT2D eigenvalue weighted by atomic mass is 10.2. The van der Waals surface area contributed by atoms with Crippen molar-refractivity contribution in [1.29, 1.82) is 0 Å². The van der Waals surface area contributed by atoms with Gasteiger partial charge in [0.25, 0.3) is 0 Å². The van der Waals surface area contributed by atoms with E-state index in [1.54, 1.807) is 16.9 Å². The first-order valence-corrected chi connectivity index (χ1v) is 8.24. The number of hydrogen-bond donors (Lipinski definition) is 0. The van der Waals surface area contributed by atoms with E-state index >= 15 is 0 Å². The summed E-state index contributed by atoms with van der Waals surface area (Å²) >= 11 is 0. The van der Waals surface area contributed by atoms with Gasteiger partial charge in [0.2, 0.25) is 0 Å². The summed E-state index contributed by atoms with van der Waals surface area (Å²) in [7, 11) is 1.64. The van der Waals surface area contributed by atoms with Gasteiger partial charge in [-0.15, -0.1) is 0 Å². The second-order valence-corrected chi connectivity index (χ2v) is 5.88. The molecule has 0 atom stereocenters. The SMILES string of the molecule is COc1ccc(N2CCN(C(=O)C(=O)N3CCOCC3)CC2)cc1. The smallest absolute Gasteiger partial charge is 0.312 e. The number of benzene rings is 1. The Morgan fingerprint density at radius 1 is 0.875 bits per heavy atom. The third kappa shape index (κ3) is 3.62. The fourth-order valence-corrected chi connectivity index (χ4v) is 3.00. The van der Waals surface area contributed by atoms with Gasteiger partial charge in [-0.25, -0.2) is 0 Å². The largest absolute Gasteiger partial charge is 0.497 e. The number of methoxy groups -OCH3 is 1. The molecule has 0 radical (unpaired) electrons. The fraction of sp³-hybridized carbons (Fsp3) is 0.529. The van der Waals surface area contributed by atoms with Crippen LogP contribution < -0.4 is 9.64 Å². The first-order chi connectivity index (χ1) is 11.7. The molecule has 7 heteroatoms. The Kier molecular flexibility index (Phi) is 5.20. The monoisotopic (exact) mass is 333 g/mol. The van der Waals surface area contributed by atoms with Gasteiger partial charge in [-0.2, -0.15) is 0 Å². The van der Waals surface area contributed by atoms with Gasteiger partial charge in [-0.3, -0.25) is 9.59 Å². The first-order valence-electron chi connectivity index (χ1n) is 8.24. The molecule has 2 heterocycles. The van der Waals surface area contributed by atoms with Crippen molar-refractivity contribution in [3.8, 4) is 5.75 Å². The number of ether oxygens (including phenoxy) is 2. The van der Waals surface area contributed by atoms with Crippen molar-refractivity contribution in [2.75, 3.05) is 64.5 Å². The van der Waals surface area contributed by atoms with E-state index in [0.717, 1.165) is 11.4 Å². The molecule has 24 heavy (non-hydrogen) atoms. The van der Waals surface area contributed by atoms with Crippen LogP contribution in [0.5, 0.6) is 5.75 Å². The molecule has 2 fully saturated rings. The zero-order valence-corrected chi connectivity index (χ0v) is 13.9. The van der Waals surface area contributed by atoms with Crippen molar-refractivity contribution in [3.05, 3.63) is 24.3 Å². The molecule has 1 aromatic rings. The highest BCUT2D eigenvalue weighted by atomic mass is 16.5. The van der Waals surface area contributed by atoms with Crippen molar-refractivity contribution in [3.63, 3.8) is 0 Å². The number of amides is 2. The maximum Gasteiger partial charge on any atom is 0.312 e. The number of piperazine rings is 1. The van der Waals surface area contributed by atoms with Gasteiger partial charge in [0.1, 0.15) is 5.75 Å². The molecule has 7 nitrogen and oxygen atoms in total. The predicted octanol–water partition coefficient (Wildman–Crippen LogP) is 0.203. The summed E-state index contributed by atoms with van der Waals surface area (Å²) in [4.78, 5) is 30.1. The van der Waals surface area contributed by atoms with Crippen molar-refractivity contribution < 1.29 is 19.1 Å². The topological polar surface area (TPSA) is 62.3 Å². The summed E-state index contributed by atoms with van der Waals surface area (Å²) in [5, 5.41) is 0. The van der Waals surface area contributed by atoms with Crippen molar-refractivity contribution >= 4 is 17.5 Å². The average Bonchev–Trinajstić information content (AvgIpc) is 2.68. The van der Waals surface area contributed by atoms with E-state index < -0.39 is 11.8 Å². The zero-order valence-electron chi connectivity index (χ0n) is 13.9. The average molecular weight is 333 g/mol. The zero-order chi connectivity index (χ0) is 16.9. The quantitative estimate of drug-likeness (QED) is 0.724. The molecule has 0 aromatic heterocycles. The highest BCUT2D eigenvalue weighted by molar-refractivity contribution is 6.34. The number of carbonyl (C=O) groups is 2. The van der Waals surface area contributed by atoms with E-state index in [2.05, 4.69) is 4.90 Å². The minimum Gasteiger partial charge on any atom is -0.497 e. The summed E-state index contributed by atoms with van der Waals surface area (Å²) < 4.78 is 10.4. The summed E-state index contributed by atoms with van der Waals surface area (Å²) in [6.45, 7) is 4.55. The van der Waals surface area contributed by atoms with E-state index in [0.29, 0.717) is 52.5 Å². The number of nitrogens with zero attached hydrogens (tertiary/aromatic N) is 3. The Hall–Kier alpha value is -2.28. The van der Waals surface area contributed by atoms with Crippen LogP contribution in [0, 0.1) is 0 Å². The van der Waals surface area contributed by atoms with Gasteiger partial charge >= 0.3 is 11.8 Å². The van der Waals surface area contributed by atoms with Crippen LogP contribution >= 0.6 is 0 Å². The minimum absolute atomic E-state index is 0.397. The number of anilines is 1. The van der Waals surface area contributed by atoms with Crippen LogP contribution in [0.15, 0.2) is 24.3 Å². The Labute approximate surface area is 141 Å². The van der Waals surface area contributed by atoms with Gasteiger partial charge in [0, 0.05) is 45.0 Å². The molecular formula is C17H23N3O4. The van der Waals surface area contributed by atoms with E-state index in [4.69, 9.17) is 9.47 Å². The third-order valence-electron chi connectivity index (χ3n) is 4.49. The van der Waals surface area contributed by atoms with Gasteiger partial charge in [0.15, 0.2) is 0 Å². The lowest BCUT2D eigenvalue weighted by molar-refractivity contribution is -0.154. The molecule has 0 spiro atoms. The molecule has 2 amide bonds. The summed E-state index contributed by atoms with van der Waals surface area (Å²) in [6, 6.07) is 7.87. The van der Waals surface area contributed by atoms with Crippen molar-refractivity contribution in [1.82, 2.24) is 9.80 Å². The summed E-state index contributed by atoms with van der Waals surface area (Å²) in [5.41, 5.74) is 1.10. The molecule has 0 bridgehead atoms. The van der Waals surface area contributed by atoms with Crippen LogP contribution in [-0.2, 0) is 14.3 Å². The Morgan fingerprint density at radius 2 is 1.42 bits per heavy atom. The van der Waals surface area contributed by atoms with Gasteiger partial charge in [0.05, 0.1) is 20.3 Å². The molecule has 130 valence electrons. The molecule has 0 N–H and O–H groups in total. The van der Waals surface area contributed by atoms with Gasteiger partial charge in [-0.1, -0.05) is 0 Å². The Morgan fingerprint density at radius 3 is 1.96 bits per heavy atom. The molecular weight excluding hydrogens is 310 g/mol. The van der Waals surface area contributed by atoms with Crippen molar-refractivity contribution in [2.24, 2.45) is 0 Å². The second kappa shape index (κ2) is 7.53. The highest BCUT2D eigenvalue weighted by Gasteiger charge is 2.30. The normalized spacial score (nSPS) is 18.5. The first kappa shape index (κ1) is 16.6. The van der Waals surface area contributed by atoms with Crippen LogP contribution in [-0.4, -0.2) is 81.2 Å². The number of rotatable bonds is 2. The number of hydrogen-bond acceptors (Lipinski definition) is 5. The Bertz CT molecular complexity index is 576. The molecule has 0 saturated carbocycles. The van der Waals surface area contributed by atoms with E-state index in [9.17, 15) is 9.59 Å². The summed E-state index contributed by atoms with van der Waals surface area (Å²) in [5.74, 6) is 0.0196. The molecule has 1 aromatic carbocycles. The molecule has 2 aliphatic heterocycles. The number of carbonyl (C=O) groups excluding carboxylic acids is 2. The predicted molar refractivity (Wildman–Crippen MR) is 89.2 cm³/mol. The van der Waals surface area contributed by atoms with E-state index in [1.165, 1.54) is 0 Å². The van der Waals surface area contributed by atoms with Crippen LogP contribution in [0.1, 0.15) is 0 Å². The Balaban J connectivity index is 1.53. The fourth-order valence-electron chi connectivity index (χ4n) is 3.00. The molecule has 0 aliphatic carbocycles. The van der Waals surface area contributed by atoms with Crippen LogP contribution in [0.2, 0.25) is 0 Å². The van der Waals surface area contributed by atoms with E-state index in [-0.39, 0.29) is 0 Å². The summed E-state index contributed by atoms with van der Waals surface area (Å²) in [6.07, 6.45) is 0.